The lowest BCUT2D eigenvalue weighted by Gasteiger charge is -2.14. The number of nitrogens with one attached hydrogen (secondary N) is 1. The molecule has 0 aliphatic carbocycles. The third-order valence-corrected chi connectivity index (χ3v) is 2.79. The molecule has 1 rings (SSSR count). The summed E-state index contributed by atoms with van der Waals surface area (Å²) in [5, 5.41) is 12.0. The molecule has 1 heterocycles. The van der Waals surface area contributed by atoms with Gasteiger partial charge in [-0.1, -0.05) is 20.8 Å². The first-order valence-corrected chi connectivity index (χ1v) is 5.18. The Morgan fingerprint density at radius 1 is 1.38 bits per heavy atom. The maximum atomic E-state index is 8.84. The van der Waals surface area contributed by atoms with Crippen molar-refractivity contribution < 1.29 is 9.84 Å². The Bertz CT molecular complexity index is 150. The van der Waals surface area contributed by atoms with Crippen LogP contribution < -0.4 is 5.32 Å². The number of ether oxygens (including phenoxy) is 1. The molecule has 3 heteroatoms. The monoisotopic (exact) mass is 187 g/mol. The number of hydrogen-bond donors (Lipinski definition) is 2. The second-order valence-corrected chi connectivity index (χ2v) is 4.26. The van der Waals surface area contributed by atoms with Gasteiger partial charge in [0.25, 0.3) is 0 Å². The fourth-order valence-corrected chi connectivity index (χ4v) is 1.26. The summed E-state index contributed by atoms with van der Waals surface area (Å²) in [5.41, 5.74) is 0. The van der Waals surface area contributed by atoms with Crippen LogP contribution in [0.25, 0.3) is 0 Å². The average Bonchev–Trinajstić information content (AvgIpc) is 2.75. The van der Waals surface area contributed by atoms with Crippen LogP contribution in [0.4, 0.5) is 0 Å². The number of rotatable bonds is 6. The normalized spacial score (nSPS) is 29.3. The molecule has 1 aliphatic rings. The van der Waals surface area contributed by atoms with E-state index in [9.17, 15) is 0 Å². The van der Waals surface area contributed by atoms with Crippen LogP contribution in [-0.4, -0.2) is 24.2 Å². The lowest BCUT2D eigenvalue weighted by molar-refractivity contribution is 0.155. The molecule has 1 saturated heterocycles. The zero-order valence-electron chi connectivity index (χ0n) is 8.79. The molecule has 1 fully saturated rings. The minimum absolute atomic E-state index is 0.0886. The molecule has 13 heavy (non-hydrogen) atoms. The number of epoxide rings is 1. The largest absolute Gasteiger partial charge is 0.365 e. The van der Waals surface area contributed by atoms with Crippen molar-refractivity contribution >= 4 is 0 Å². The van der Waals surface area contributed by atoms with Crippen LogP contribution in [0.1, 0.15) is 33.6 Å². The van der Waals surface area contributed by atoms with Crippen molar-refractivity contribution in [3.05, 3.63) is 0 Å². The number of hydrogen-bond acceptors (Lipinski definition) is 3. The van der Waals surface area contributed by atoms with Crippen molar-refractivity contribution in [1.82, 2.24) is 5.32 Å². The summed E-state index contributed by atoms with van der Waals surface area (Å²) in [6.07, 6.45) is 1.76. The van der Waals surface area contributed by atoms with Gasteiger partial charge in [-0.3, -0.25) is 5.32 Å². The Morgan fingerprint density at radius 2 is 2.00 bits per heavy atom. The van der Waals surface area contributed by atoms with E-state index >= 15 is 0 Å². The Kier molecular flexibility index (Phi) is 4.16. The van der Waals surface area contributed by atoms with E-state index in [-0.39, 0.29) is 6.23 Å². The van der Waals surface area contributed by atoms with Crippen molar-refractivity contribution in [3.63, 3.8) is 0 Å². The first-order chi connectivity index (χ1) is 6.11. The van der Waals surface area contributed by atoms with Crippen LogP contribution in [-0.2, 0) is 4.74 Å². The molecule has 0 spiro atoms. The molecular weight excluding hydrogens is 166 g/mol. The second kappa shape index (κ2) is 4.94. The standard InChI is InChI=1S/C10H21NO2/c1-7(2)8(3)5-4-6-11-9-10(12)13-9/h7-12H,4-6H2,1-3H3. The van der Waals surface area contributed by atoms with Gasteiger partial charge in [-0.25, -0.2) is 0 Å². The van der Waals surface area contributed by atoms with E-state index in [4.69, 9.17) is 9.84 Å². The molecule has 0 aromatic carbocycles. The van der Waals surface area contributed by atoms with Gasteiger partial charge in [0, 0.05) is 0 Å². The van der Waals surface area contributed by atoms with E-state index in [2.05, 4.69) is 26.1 Å². The Balaban J connectivity index is 1.89. The minimum atomic E-state index is -0.553. The molecule has 3 atom stereocenters. The van der Waals surface area contributed by atoms with Gasteiger partial charge in [-0.2, -0.15) is 0 Å². The lowest BCUT2D eigenvalue weighted by atomic mass is 9.93. The predicted octanol–water partition coefficient (Wildman–Crippen LogP) is 1.32. The highest BCUT2D eigenvalue weighted by Gasteiger charge is 2.35. The molecule has 3 unspecified atom stereocenters. The molecule has 0 amide bonds. The van der Waals surface area contributed by atoms with Gasteiger partial charge >= 0.3 is 0 Å². The fraction of sp³-hybridized carbons (Fsp3) is 1.00. The van der Waals surface area contributed by atoms with Crippen molar-refractivity contribution in [2.75, 3.05) is 6.54 Å². The fourth-order valence-electron chi connectivity index (χ4n) is 1.26. The summed E-state index contributed by atoms with van der Waals surface area (Å²) in [6.45, 7) is 7.74. The third-order valence-electron chi connectivity index (χ3n) is 2.79. The maximum absolute atomic E-state index is 8.84. The summed E-state index contributed by atoms with van der Waals surface area (Å²) >= 11 is 0. The van der Waals surface area contributed by atoms with E-state index in [1.54, 1.807) is 0 Å². The average molecular weight is 187 g/mol. The molecule has 1 aliphatic heterocycles. The van der Waals surface area contributed by atoms with E-state index in [1.165, 1.54) is 6.42 Å². The Labute approximate surface area is 80.5 Å². The minimum Gasteiger partial charge on any atom is -0.365 e. The smallest absolute Gasteiger partial charge is 0.197 e. The molecule has 0 aromatic rings. The van der Waals surface area contributed by atoms with Crippen LogP contribution in [0.3, 0.4) is 0 Å². The van der Waals surface area contributed by atoms with Gasteiger partial charge < -0.3 is 9.84 Å². The Hall–Kier alpha value is -0.120. The van der Waals surface area contributed by atoms with Gasteiger partial charge in [0.15, 0.2) is 12.5 Å². The van der Waals surface area contributed by atoms with Gasteiger partial charge in [0.05, 0.1) is 0 Å². The zero-order chi connectivity index (χ0) is 9.84. The van der Waals surface area contributed by atoms with Crippen LogP contribution >= 0.6 is 0 Å². The highest BCUT2D eigenvalue weighted by Crippen LogP contribution is 2.17. The Morgan fingerprint density at radius 3 is 2.46 bits per heavy atom. The first kappa shape index (κ1) is 11.0. The second-order valence-electron chi connectivity index (χ2n) is 4.26. The molecular formula is C10H21NO2. The topological polar surface area (TPSA) is 44.8 Å². The highest BCUT2D eigenvalue weighted by atomic mass is 16.7. The molecule has 0 aromatic heterocycles. The van der Waals surface area contributed by atoms with Crippen LogP contribution in [0.2, 0.25) is 0 Å². The van der Waals surface area contributed by atoms with Gasteiger partial charge in [0.2, 0.25) is 0 Å². The zero-order valence-corrected chi connectivity index (χ0v) is 8.79. The SMILES string of the molecule is CC(C)C(C)CCCNC1OC1O. The molecule has 0 bridgehead atoms. The predicted molar refractivity (Wildman–Crippen MR) is 52.1 cm³/mol. The van der Waals surface area contributed by atoms with E-state index in [0.29, 0.717) is 0 Å². The van der Waals surface area contributed by atoms with Crippen molar-refractivity contribution in [3.8, 4) is 0 Å². The summed E-state index contributed by atoms with van der Waals surface area (Å²) in [4.78, 5) is 0. The molecule has 2 N–H and O–H groups in total. The van der Waals surface area contributed by atoms with E-state index < -0.39 is 6.29 Å². The number of aliphatic hydroxyl groups is 1. The highest BCUT2D eigenvalue weighted by molar-refractivity contribution is 4.71. The van der Waals surface area contributed by atoms with Crippen molar-refractivity contribution in [2.24, 2.45) is 11.8 Å². The summed E-state index contributed by atoms with van der Waals surface area (Å²) in [5.74, 6) is 1.55. The molecule has 3 nitrogen and oxygen atoms in total. The van der Waals surface area contributed by atoms with Crippen molar-refractivity contribution in [1.29, 1.82) is 0 Å². The van der Waals surface area contributed by atoms with Gasteiger partial charge in [-0.05, 0) is 31.2 Å². The number of aliphatic hydroxyl groups excluding tert-OH is 1. The van der Waals surface area contributed by atoms with Gasteiger partial charge in [-0.15, -0.1) is 0 Å². The molecule has 0 radical (unpaired) electrons. The van der Waals surface area contributed by atoms with Crippen molar-refractivity contribution in [2.45, 2.75) is 46.1 Å². The maximum Gasteiger partial charge on any atom is 0.197 e. The summed E-state index contributed by atoms with van der Waals surface area (Å²) in [6, 6.07) is 0. The lowest BCUT2D eigenvalue weighted by Crippen LogP contribution is -2.21. The van der Waals surface area contributed by atoms with Crippen LogP contribution in [0, 0.1) is 11.8 Å². The summed E-state index contributed by atoms with van der Waals surface area (Å²) < 4.78 is 4.82. The van der Waals surface area contributed by atoms with E-state index in [1.807, 2.05) is 0 Å². The van der Waals surface area contributed by atoms with Crippen LogP contribution in [0.5, 0.6) is 0 Å². The first-order valence-electron chi connectivity index (χ1n) is 5.18. The summed E-state index contributed by atoms with van der Waals surface area (Å²) in [7, 11) is 0. The molecule has 78 valence electrons. The quantitative estimate of drug-likeness (QED) is 0.487. The van der Waals surface area contributed by atoms with E-state index in [0.717, 1.165) is 24.8 Å². The molecule has 0 saturated carbocycles. The third kappa shape index (κ3) is 4.07. The van der Waals surface area contributed by atoms with Gasteiger partial charge in [0.1, 0.15) is 0 Å². The van der Waals surface area contributed by atoms with Crippen LogP contribution in [0.15, 0.2) is 0 Å².